The maximum absolute atomic E-state index is 12.8. The maximum Gasteiger partial charge on any atom is 0.224 e. The molecule has 1 saturated heterocycles. The SMILES string of the molecule is CC(=O)c1cccc2c1CCC(C(=O)C[C@@H]1C[C@@H](C(C)=O)NC1=O)CCC2. The van der Waals surface area contributed by atoms with Gasteiger partial charge in [-0.3, -0.25) is 19.2 Å². The number of ketones is 3. The summed E-state index contributed by atoms with van der Waals surface area (Å²) < 4.78 is 0. The van der Waals surface area contributed by atoms with E-state index in [9.17, 15) is 19.2 Å². The summed E-state index contributed by atoms with van der Waals surface area (Å²) >= 11 is 0. The minimum atomic E-state index is -0.447. The minimum absolute atomic E-state index is 0.0578. The molecule has 5 heteroatoms. The summed E-state index contributed by atoms with van der Waals surface area (Å²) in [5, 5.41) is 2.69. The van der Waals surface area contributed by atoms with Crippen molar-refractivity contribution in [3.63, 3.8) is 0 Å². The van der Waals surface area contributed by atoms with Gasteiger partial charge in [0.1, 0.15) is 5.78 Å². The van der Waals surface area contributed by atoms with Crippen LogP contribution in [0.15, 0.2) is 18.2 Å². The first-order chi connectivity index (χ1) is 12.9. The third-order valence-electron chi connectivity index (χ3n) is 5.99. The van der Waals surface area contributed by atoms with E-state index >= 15 is 0 Å². The molecule has 5 nitrogen and oxygen atoms in total. The molecule has 1 aromatic rings. The highest BCUT2D eigenvalue weighted by atomic mass is 16.2. The zero-order valence-electron chi connectivity index (χ0n) is 16.0. The van der Waals surface area contributed by atoms with Crippen molar-refractivity contribution < 1.29 is 19.2 Å². The second-order valence-corrected chi connectivity index (χ2v) is 7.90. The number of hydrogen-bond acceptors (Lipinski definition) is 4. The van der Waals surface area contributed by atoms with Crippen LogP contribution >= 0.6 is 0 Å². The number of hydrogen-bond donors (Lipinski definition) is 1. The second-order valence-electron chi connectivity index (χ2n) is 7.90. The van der Waals surface area contributed by atoms with Crippen molar-refractivity contribution in [3.8, 4) is 0 Å². The van der Waals surface area contributed by atoms with Gasteiger partial charge in [0.25, 0.3) is 0 Å². The molecule has 1 aliphatic heterocycles. The smallest absolute Gasteiger partial charge is 0.224 e. The third-order valence-corrected chi connectivity index (χ3v) is 5.99. The Morgan fingerprint density at radius 1 is 1.11 bits per heavy atom. The van der Waals surface area contributed by atoms with E-state index in [2.05, 4.69) is 11.4 Å². The maximum atomic E-state index is 12.8. The van der Waals surface area contributed by atoms with Gasteiger partial charge in [0.05, 0.1) is 6.04 Å². The lowest BCUT2D eigenvalue weighted by atomic mass is 9.81. The number of carbonyl (C=O) groups excluding carboxylic acids is 4. The average molecular weight is 369 g/mol. The summed E-state index contributed by atoms with van der Waals surface area (Å²) in [5.74, 6) is -0.535. The highest BCUT2D eigenvalue weighted by Crippen LogP contribution is 2.30. The van der Waals surface area contributed by atoms with Crippen molar-refractivity contribution in [2.75, 3.05) is 0 Å². The van der Waals surface area contributed by atoms with Crippen molar-refractivity contribution in [2.24, 2.45) is 11.8 Å². The highest BCUT2D eigenvalue weighted by Gasteiger charge is 2.36. The number of nitrogens with one attached hydrogen (secondary N) is 1. The van der Waals surface area contributed by atoms with Gasteiger partial charge < -0.3 is 5.32 Å². The first-order valence-corrected chi connectivity index (χ1v) is 9.82. The van der Waals surface area contributed by atoms with Gasteiger partial charge in [-0.15, -0.1) is 0 Å². The lowest BCUT2D eigenvalue weighted by Crippen LogP contribution is -2.31. The Kier molecular flexibility index (Phi) is 5.88. The largest absolute Gasteiger partial charge is 0.346 e. The third kappa shape index (κ3) is 4.34. The average Bonchev–Trinajstić information content (AvgIpc) is 2.96. The van der Waals surface area contributed by atoms with E-state index < -0.39 is 12.0 Å². The number of amides is 1. The molecule has 1 N–H and O–H groups in total. The van der Waals surface area contributed by atoms with E-state index in [1.165, 1.54) is 12.5 Å². The summed E-state index contributed by atoms with van der Waals surface area (Å²) in [6.45, 7) is 3.05. The first-order valence-electron chi connectivity index (χ1n) is 9.82. The van der Waals surface area contributed by atoms with E-state index in [0.29, 0.717) is 19.3 Å². The molecule has 1 fully saturated rings. The van der Waals surface area contributed by atoms with Crippen LogP contribution in [0.1, 0.15) is 67.4 Å². The predicted octanol–water partition coefficient (Wildman–Crippen LogP) is 2.83. The Morgan fingerprint density at radius 3 is 2.56 bits per heavy atom. The van der Waals surface area contributed by atoms with E-state index in [1.807, 2.05) is 12.1 Å². The Bertz CT molecular complexity index is 783. The molecule has 1 aliphatic carbocycles. The van der Waals surface area contributed by atoms with Crippen molar-refractivity contribution in [2.45, 2.75) is 64.8 Å². The molecule has 27 heavy (non-hydrogen) atoms. The van der Waals surface area contributed by atoms with Gasteiger partial charge in [0, 0.05) is 23.8 Å². The van der Waals surface area contributed by atoms with Crippen LogP contribution in [0.2, 0.25) is 0 Å². The molecule has 0 aromatic heterocycles. The van der Waals surface area contributed by atoms with Gasteiger partial charge in [0.15, 0.2) is 11.6 Å². The van der Waals surface area contributed by atoms with E-state index in [0.717, 1.165) is 30.4 Å². The van der Waals surface area contributed by atoms with Gasteiger partial charge in [-0.1, -0.05) is 18.2 Å². The van der Waals surface area contributed by atoms with Crippen molar-refractivity contribution in [1.29, 1.82) is 0 Å². The van der Waals surface area contributed by atoms with Crippen LogP contribution in [0.4, 0.5) is 0 Å². The fourth-order valence-corrected chi connectivity index (χ4v) is 4.41. The molecule has 0 saturated carbocycles. The molecule has 2 aliphatic rings. The Labute approximate surface area is 159 Å². The molecule has 1 aromatic carbocycles. The fraction of sp³-hybridized carbons (Fsp3) is 0.545. The molecular weight excluding hydrogens is 342 g/mol. The molecule has 1 unspecified atom stereocenters. The first kappa shape index (κ1) is 19.5. The van der Waals surface area contributed by atoms with Crippen LogP contribution in [-0.4, -0.2) is 29.3 Å². The Hall–Kier alpha value is -2.30. The summed E-state index contributed by atoms with van der Waals surface area (Å²) in [5.41, 5.74) is 3.06. The Morgan fingerprint density at radius 2 is 1.89 bits per heavy atom. The highest BCUT2D eigenvalue weighted by molar-refractivity contribution is 5.96. The molecule has 144 valence electrons. The van der Waals surface area contributed by atoms with Gasteiger partial charge in [-0.2, -0.15) is 0 Å². The zero-order chi connectivity index (χ0) is 19.6. The van der Waals surface area contributed by atoms with Gasteiger partial charge in [-0.25, -0.2) is 0 Å². The van der Waals surface area contributed by atoms with Crippen molar-refractivity contribution in [1.82, 2.24) is 5.32 Å². The van der Waals surface area contributed by atoms with Gasteiger partial charge in [-0.05, 0) is 63.5 Å². The van der Waals surface area contributed by atoms with Crippen LogP contribution in [0.25, 0.3) is 0 Å². The number of fused-ring (bicyclic) bond motifs is 1. The lowest BCUT2D eigenvalue weighted by Gasteiger charge is -2.22. The van der Waals surface area contributed by atoms with E-state index in [-0.39, 0.29) is 35.6 Å². The van der Waals surface area contributed by atoms with Gasteiger partial charge in [0.2, 0.25) is 5.91 Å². The second kappa shape index (κ2) is 8.15. The van der Waals surface area contributed by atoms with Crippen molar-refractivity contribution in [3.05, 3.63) is 34.9 Å². The molecule has 1 amide bonds. The van der Waals surface area contributed by atoms with Crippen LogP contribution in [0, 0.1) is 11.8 Å². The molecule has 3 rings (SSSR count). The molecule has 3 atom stereocenters. The summed E-state index contributed by atoms with van der Waals surface area (Å²) in [6, 6.07) is 5.43. The number of rotatable bonds is 5. The normalized spacial score (nSPS) is 25.1. The summed E-state index contributed by atoms with van der Waals surface area (Å²) in [4.78, 5) is 48.3. The van der Waals surface area contributed by atoms with Crippen LogP contribution in [-0.2, 0) is 27.2 Å². The van der Waals surface area contributed by atoms with E-state index in [1.54, 1.807) is 6.92 Å². The Balaban J connectivity index is 1.67. The quantitative estimate of drug-likeness (QED) is 0.810. The topological polar surface area (TPSA) is 80.3 Å². The van der Waals surface area contributed by atoms with Crippen LogP contribution < -0.4 is 5.32 Å². The lowest BCUT2D eigenvalue weighted by molar-refractivity contribution is -0.129. The van der Waals surface area contributed by atoms with Crippen LogP contribution in [0.3, 0.4) is 0 Å². The molecule has 1 heterocycles. The molecule has 0 bridgehead atoms. The minimum Gasteiger partial charge on any atom is -0.346 e. The number of benzene rings is 1. The van der Waals surface area contributed by atoms with Crippen LogP contribution in [0.5, 0.6) is 0 Å². The molecular formula is C22H27NO4. The monoisotopic (exact) mass is 369 g/mol. The molecule has 0 spiro atoms. The fourth-order valence-electron chi connectivity index (χ4n) is 4.41. The molecule has 0 radical (unpaired) electrons. The standard InChI is InChI=1S/C22H27NO4/c1-13(24)18-8-4-6-15-5-3-7-16(9-10-19(15)18)21(26)12-17-11-20(14(2)25)23-22(17)27/h4,6,8,16-17,20H,3,5,7,9-12H2,1-2H3,(H,23,27)/t16?,17-,20-/m0/s1. The number of Topliss-reactive ketones (excluding diaryl/α,β-unsaturated/α-hetero) is 3. The number of aryl methyl sites for hydroxylation is 1. The van der Waals surface area contributed by atoms with Gasteiger partial charge >= 0.3 is 0 Å². The zero-order valence-corrected chi connectivity index (χ0v) is 16.0. The summed E-state index contributed by atoms with van der Waals surface area (Å²) in [7, 11) is 0. The summed E-state index contributed by atoms with van der Waals surface area (Å²) in [6.07, 6.45) is 4.64. The van der Waals surface area contributed by atoms with E-state index in [4.69, 9.17) is 0 Å². The predicted molar refractivity (Wildman–Crippen MR) is 102 cm³/mol. The van der Waals surface area contributed by atoms with Crippen molar-refractivity contribution >= 4 is 23.3 Å². The number of carbonyl (C=O) groups is 4.